The minimum Gasteiger partial charge on any atom is -0.380 e. The third-order valence-electron chi connectivity index (χ3n) is 2.46. The van der Waals surface area contributed by atoms with Crippen LogP contribution in [0.3, 0.4) is 0 Å². The number of nitrogens with one attached hydrogen (secondary N) is 1. The second-order valence-electron chi connectivity index (χ2n) is 4.15. The summed E-state index contributed by atoms with van der Waals surface area (Å²) < 4.78 is 65.9. The van der Waals surface area contributed by atoms with Gasteiger partial charge in [-0.15, -0.1) is 0 Å². The molecule has 0 bridgehead atoms. The molecule has 8 heteroatoms. The van der Waals surface area contributed by atoms with Crippen molar-refractivity contribution in [3.8, 4) is 0 Å². The van der Waals surface area contributed by atoms with Crippen LogP contribution in [0, 0.1) is 0 Å². The molecule has 1 aromatic carbocycles. The number of anilines is 1. The van der Waals surface area contributed by atoms with Crippen molar-refractivity contribution in [1.29, 1.82) is 0 Å². The Hall–Kier alpha value is -1.28. The molecule has 1 N–H and O–H groups in total. The monoisotopic (exact) mass is 311 g/mol. The lowest BCUT2D eigenvalue weighted by Crippen LogP contribution is -2.27. The topological polar surface area (TPSA) is 55.4 Å². The van der Waals surface area contributed by atoms with Gasteiger partial charge in [0.1, 0.15) is 0 Å². The number of rotatable bonds is 6. The third kappa shape index (κ3) is 3.86. The van der Waals surface area contributed by atoms with Crippen molar-refractivity contribution in [3.63, 3.8) is 0 Å². The second kappa shape index (κ2) is 6.45. The highest BCUT2D eigenvalue weighted by Gasteiger charge is 2.47. The zero-order valence-electron chi connectivity index (χ0n) is 11.1. The maximum Gasteiger partial charge on any atom is 0.501 e. The van der Waals surface area contributed by atoms with E-state index in [9.17, 15) is 21.6 Å². The van der Waals surface area contributed by atoms with Gasteiger partial charge < -0.3 is 10.1 Å². The Morgan fingerprint density at radius 2 is 1.90 bits per heavy atom. The van der Waals surface area contributed by atoms with Gasteiger partial charge in [-0.2, -0.15) is 13.2 Å². The average Bonchev–Trinajstić information content (AvgIpc) is 2.35. The molecule has 0 spiro atoms. The fourth-order valence-corrected chi connectivity index (χ4v) is 2.47. The van der Waals surface area contributed by atoms with Gasteiger partial charge in [-0.1, -0.05) is 12.1 Å². The lowest BCUT2D eigenvalue weighted by Gasteiger charge is -2.18. The number of sulfone groups is 1. The van der Waals surface area contributed by atoms with E-state index in [0.717, 1.165) is 6.07 Å². The summed E-state index contributed by atoms with van der Waals surface area (Å²) in [4.78, 5) is -0.782. The molecule has 1 aromatic rings. The van der Waals surface area contributed by atoms with Crippen LogP contribution in [0.1, 0.15) is 13.8 Å². The first-order valence-electron chi connectivity index (χ1n) is 5.94. The van der Waals surface area contributed by atoms with Crippen LogP contribution < -0.4 is 5.32 Å². The Balaban J connectivity index is 3.07. The predicted molar refractivity (Wildman–Crippen MR) is 69.3 cm³/mol. The molecule has 0 aliphatic rings. The number of hydrogen-bond acceptors (Lipinski definition) is 4. The van der Waals surface area contributed by atoms with E-state index in [-0.39, 0.29) is 18.3 Å². The van der Waals surface area contributed by atoms with Crippen LogP contribution >= 0.6 is 0 Å². The minimum atomic E-state index is -5.38. The van der Waals surface area contributed by atoms with E-state index in [1.165, 1.54) is 18.2 Å². The Morgan fingerprint density at radius 1 is 1.30 bits per heavy atom. The first kappa shape index (κ1) is 16.8. The molecule has 0 heterocycles. The first-order chi connectivity index (χ1) is 9.20. The Bertz CT molecular complexity index is 543. The van der Waals surface area contributed by atoms with Gasteiger partial charge in [-0.3, -0.25) is 0 Å². The summed E-state index contributed by atoms with van der Waals surface area (Å²) in [5.74, 6) is 0. The molecule has 0 aliphatic heterocycles. The highest BCUT2D eigenvalue weighted by Crippen LogP contribution is 2.34. The fraction of sp³-hybridized carbons (Fsp3) is 0.500. The molecule has 114 valence electrons. The Morgan fingerprint density at radius 3 is 2.45 bits per heavy atom. The van der Waals surface area contributed by atoms with Crippen molar-refractivity contribution in [2.45, 2.75) is 30.3 Å². The smallest absolute Gasteiger partial charge is 0.380 e. The zero-order valence-corrected chi connectivity index (χ0v) is 11.9. The summed E-state index contributed by atoms with van der Waals surface area (Å²) in [6, 6.07) is 4.61. The average molecular weight is 311 g/mol. The summed E-state index contributed by atoms with van der Waals surface area (Å²) >= 11 is 0. The molecule has 1 atom stereocenters. The molecule has 0 fully saturated rings. The van der Waals surface area contributed by atoms with Crippen molar-refractivity contribution in [1.82, 2.24) is 0 Å². The molecule has 1 rings (SSSR count). The van der Waals surface area contributed by atoms with Crippen LogP contribution in [-0.4, -0.2) is 33.2 Å². The summed E-state index contributed by atoms with van der Waals surface area (Å²) in [6.07, 6.45) is 0. The van der Waals surface area contributed by atoms with Crippen LogP contribution in [-0.2, 0) is 14.6 Å². The van der Waals surface area contributed by atoms with Crippen LogP contribution in [0.4, 0.5) is 18.9 Å². The molecule has 0 aliphatic carbocycles. The van der Waals surface area contributed by atoms with E-state index in [2.05, 4.69) is 5.32 Å². The van der Waals surface area contributed by atoms with Crippen molar-refractivity contribution in [2.24, 2.45) is 0 Å². The highest BCUT2D eigenvalue weighted by atomic mass is 32.2. The van der Waals surface area contributed by atoms with Crippen LogP contribution in [0.15, 0.2) is 29.2 Å². The number of alkyl halides is 3. The van der Waals surface area contributed by atoms with E-state index in [1.54, 1.807) is 13.8 Å². The van der Waals surface area contributed by atoms with E-state index in [0.29, 0.717) is 6.61 Å². The summed E-state index contributed by atoms with van der Waals surface area (Å²) in [5.41, 5.74) is -5.41. The zero-order chi connectivity index (χ0) is 15.4. The van der Waals surface area contributed by atoms with Crippen molar-refractivity contribution < 1.29 is 26.3 Å². The molecule has 20 heavy (non-hydrogen) atoms. The number of benzene rings is 1. The van der Waals surface area contributed by atoms with Gasteiger partial charge in [0.25, 0.3) is 9.84 Å². The Labute approximate surface area is 115 Å². The van der Waals surface area contributed by atoms with Gasteiger partial charge >= 0.3 is 5.51 Å². The molecular formula is C12H16F3NO3S. The molecule has 0 saturated carbocycles. The van der Waals surface area contributed by atoms with Gasteiger partial charge in [0, 0.05) is 12.6 Å². The third-order valence-corrected chi connectivity index (χ3v) is 4.00. The summed E-state index contributed by atoms with van der Waals surface area (Å²) in [6.45, 7) is 4.20. The summed E-state index contributed by atoms with van der Waals surface area (Å²) in [7, 11) is -5.38. The first-order valence-corrected chi connectivity index (χ1v) is 7.43. The number of para-hydroxylation sites is 1. The largest absolute Gasteiger partial charge is 0.501 e. The molecule has 1 unspecified atom stereocenters. The number of halogens is 3. The summed E-state index contributed by atoms with van der Waals surface area (Å²) in [5, 5.41) is 2.72. The normalized spacial score (nSPS) is 14.1. The molecular weight excluding hydrogens is 295 g/mol. The van der Waals surface area contributed by atoms with Gasteiger partial charge in [0.05, 0.1) is 17.2 Å². The highest BCUT2D eigenvalue weighted by molar-refractivity contribution is 7.92. The standard InChI is InChI=1S/C12H16F3NO3S/c1-3-19-8-9(2)16-10-6-4-5-7-11(10)20(17,18)12(13,14)15/h4-7,9,16H,3,8H2,1-2H3. The maximum absolute atomic E-state index is 12.6. The van der Waals surface area contributed by atoms with Crippen molar-refractivity contribution in [2.75, 3.05) is 18.5 Å². The van der Waals surface area contributed by atoms with Crippen LogP contribution in [0.2, 0.25) is 0 Å². The molecule has 0 radical (unpaired) electrons. The molecule has 0 amide bonds. The predicted octanol–water partition coefficient (Wildman–Crippen LogP) is 2.82. The van der Waals surface area contributed by atoms with E-state index >= 15 is 0 Å². The fourth-order valence-electron chi connectivity index (χ4n) is 1.55. The maximum atomic E-state index is 12.6. The lowest BCUT2D eigenvalue weighted by atomic mass is 10.3. The molecule has 0 aromatic heterocycles. The van der Waals surface area contributed by atoms with Crippen LogP contribution in [0.5, 0.6) is 0 Å². The van der Waals surface area contributed by atoms with Crippen LogP contribution in [0.25, 0.3) is 0 Å². The SMILES string of the molecule is CCOCC(C)Nc1ccccc1S(=O)(=O)C(F)(F)F. The van der Waals surface area contributed by atoms with Crippen molar-refractivity contribution in [3.05, 3.63) is 24.3 Å². The number of ether oxygens (including phenoxy) is 1. The van der Waals surface area contributed by atoms with Crippen molar-refractivity contribution >= 4 is 15.5 Å². The second-order valence-corrected chi connectivity index (χ2v) is 6.06. The lowest BCUT2D eigenvalue weighted by molar-refractivity contribution is -0.0435. The minimum absolute atomic E-state index is 0.0861. The van der Waals surface area contributed by atoms with Gasteiger partial charge in [0.15, 0.2) is 0 Å². The Kier molecular flexibility index (Phi) is 5.41. The van der Waals surface area contributed by atoms with E-state index < -0.39 is 20.2 Å². The quantitative estimate of drug-likeness (QED) is 0.878. The van der Waals surface area contributed by atoms with Gasteiger partial charge in [-0.25, -0.2) is 8.42 Å². The van der Waals surface area contributed by atoms with E-state index in [1.807, 2.05) is 0 Å². The van der Waals surface area contributed by atoms with E-state index in [4.69, 9.17) is 4.74 Å². The number of hydrogen-bond donors (Lipinski definition) is 1. The molecule has 4 nitrogen and oxygen atoms in total. The van der Waals surface area contributed by atoms with Gasteiger partial charge in [0.2, 0.25) is 0 Å². The molecule has 0 saturated heterocycles. The van der Waals surface area contributed by atoms with Gasteiger partial charge in [-0.05, 0) is 26.0 Å².